The van der Waals surface area contributed by atoms with Gasteiger partial charge in [-0.3, -0.25) is 0 Å². The van der Waals surface area contributed by atoms with Gasteiger partial charge in [0.1, 0.15) is 0 Å². The summed E-state index contributed by atoms with van der Waals surface area (Å²) in [5.41, 5.74) is 1.28. The molecule has 0 N–H and O–H groups in total. The molecule has 0 radical (unpaired) electrons. The van der Waals surface area contributed by atoms with E-state index in [-0.39, 0.29) is 7.92 Å². The highest BCUT2D eigenvalue weighted by molar-refractivity contribution is 7.60. The van der Waals surface area contributed by atoms with E-state index in [2.05, 4.69) is 96.0 Å². The van der Waals surface area contributed by atoms with Crippen molar-refractivity contribution >= 4 is 13.6 Å². The first-order valence-corrected chi connectivity index (χ1v) is 8.91. The van der Waals surface area contributed by atoms with Crippen molar-refractivity contribution in [3.05, 3.63) is 42.6 Å². The van der Waals surface area contributed by atoms with E-state index in [0.717, 1.165) is 6.29 Å². The molecule has 0 fully saturated rings. The maximum atomic E-state index is 2.40. The maximum absolute atomic E-state index is 2.40. The van der Waals surface area contributed by atoms with Crippen LogP contribution in [0.25, 0.3) is 0 Å². The molecule has 0 aliphatic carbocycles. The van der Waals surface area contributed by atoms with Crippen LogP contribution >= 0.6 is 7.92 Å². The fourth-order valence-corrected chi connectivity index (χ4v) is 6.02. The molecule has 0 unspecified atom stereocenters. The standard InChI is InChI=1S/C18H30NP/c1-8-14-19(16-12-10-9-11-13-16)15-20(17(2,3)4)18(5,6)7/h8-14H,15H2,1-7H3/b14-8-. The van der Waals surface area contributed by atoms with E-state index in [9.17, 15) is 0 Å². The average molecular weight is 291 g/mol. The van der Waals surface area contributed by atoms with Gasteiger partial charge in [0, 0.05) is 18.2 Å². The fourth-order valence-electron chi connectivity index (χ4n) is 2.60. The summed E-state index contributed by atoms with van der Waals surface area (Å²) in [5, 5.41) is 0.699. The third-order valence-corrected chi connectivity index (χ3v) is 7.16. The number of allylic oxidation sites excluding steroid dienone is 1. The minimum atomic E-state index is -0.143. The van der Waals surface area contributed by atoms with Crippen LogP contribution in [-0.2, 0) is 0 Å². The molecule has 1 aromatic carbocycles. The Labute approximate surface area is 126 Å². The van der Waals surface area contributed by atoms with Crippen molar-refractivity contribution in [3.8, 4) is 0 Å². The molecular weight excluding hydrogens is 261 g/mol. The molecule has 0 aromatic heterocycles. The van der Waals surface area contributed by atoms with Gasteiger partial charge in [-0.25, -0.2) is 0 Å². The summed E-state index contributed by atoms with van der Waals surface area (Å²) in [6.07, 6.45) is 5.45. The van der Waals surface area contributed by atoms with Crippen molar-refractivity contribution < 1.29 is 0 Å². The van der Waals surface area contributed by atoms with Crippen LogP contribution in [0.5, 0.6) is 0 Å². The number of rotatable bonds is 4. The second-order valence-electron chi connectivity index (χ2n) is 7.20. The monoisotopic (exact) mass is 291 g/mol. The molecule has 1 nitrogen and oxygen atoms in total. The molecule has 0 saturated heterocycles. The van der Waals surface area contributed by atoms with Gasteiger partial charge in [0.25, 0.3) is 0 Å². The van der Waals surface area contributed by atoms with E-state index in [4.69, 9.17) is 0 Å². The van der Waals surface area contributed by atoms with Crippen molar-refractivity contribution in [2.45, 2.75) is 58.8 Å². The van der Waals surface area contributed by atoms with E-state index in [0.29, 0.717) is 10.3 Å². The topological polar surface area (TPSA) is 3.24 Å². The minimum absolute atomic E-state index is 0.143. The quantitative estimate of drug-likeness (QED) is 0.609. The molecule has 0 aliphatic heterocycles. The molecular formula is C18H30NP. The third-order valence-electron chi connectivity index (χ3n) is 3.33. The van der Waals surface area contributed by atoms with Crippen LogP contribution in [-0.4, -0.2) is 16.6 Å². The van der Waals surface area contributed by atoms with Crippen molar-refractivity contribution in [1.29, 1.82) is 0 Å². The summed E-state index contributed by atoms with van der Waals surface area (Å²) in [6, 6.07) is 10.7. The molecule has 0 heterocycles. The van der Waals surface area contributed by atoms with Gasteiger partial charge in [0.05, 0.1) is 0 Å². The minimum Gasteiger partial charge on any atom is -0.344 e. The highest BCUT2D eigenvalue weighted by atomic mass is 31.1. The molecule has 0 bridgehead atoms. The summed E-state index contributed by atoms with van der Waals surface area (Å²) in [4.78, 5) is 2.40. The predicted octanol–water partition coefficient (Wildman–Crippen LogP) is 6.06. The van der Waals surface area contributed by atoms with Crippen molar-refractivity contribution in [3.63, 3.8) is 0 Å². The van der Waals surface area contributed by atoms with Crippen LogP contribution in [0.1, 0.15) is 48.5 Å². The number of anilines is 1. The first-order chi connectivity index (χ1) is 9.16. The van der Waals surface area contributed by atoms with Gasteiger partial charge in [-0.05, 0) is 29.4 Å². The predicted molar refractivity (Wildman–Crippen MR) is 95.0 cm³/mol. The third kappa shape index (κ3) is 4.94. The summed E-state index contributed by atoms with van der Waals surface area (Å²) >= 11 is 0. The zero-order valence-electron chi connectivity index (χ0n) is 14.1. The van der Waals surface area contributed by atoms with E-state index >= 15 is 0 Å². The maximum Gasteiger partial charge on any atom is 0.0431 e. The first-order valence-electron chi connectivity index (χ1n) is 7.38. The Morgan fingerprint density at radius 3 is 1.85 bits per heavy atom. The second-order valence-corrected chi connectivity index (χ2v) is 11.0. The Kier molecular flexibility index (Phi) is 5.83. The van der Waals surface area contributed by atoms with E-state index in [1.54, 1.807) is 0 Å². The Morgan fingerprint density at radius 2 is 1.45 bits per heavy atom. The van der Waals surface area contributed by atoms with Crippen molar-refractivity contribution in [1.82, 2.24) is 0 Å². The largest absolute Gasteiger partial charge is 0.344 e. The van der Waals surface area contributed by atoms with E-state index < -0.39 is 0 Å². The molecule has 0 atom stereocenters. The van der Waals surface area contributed by atoms with Gasteiger partial charge in [-0.1, -0.05) is 73.7 Å². The lowest BCUT2D eigenvalue weighted by molar-refractivity contribution is 0.702. The SMILES string of the molecule is C/C=C\N(CP(C(C)(C)C)C(C)(C)C)c1ccccc1. The van der Waals surface area contributed by atoms with Crippen LogP contribution in [0.15, 0.2) is 42.6 Å². The number of benzene rings is 1. The first kappa shape index (κ1) is 17.2. The van der Waals surface area contributed by atoms with Crippen LogP contribution in [0.2, 0.25) is 0 Å². The highest BCUT2D eigenvalue weighted by Crippen LogP contribution is 2.59. The van der Waals surface area contributed by atoms with Crippen LogP contribution in [0, 0.1) is 0 Å². The van der Waals surface area contributed by atoms with Gasteiger partial charge < -0.3 is 4.90 Å². The second kappa shape index (κ2) is 6.76. The summed E-state index contributed by atoms with van der Waals surface area (Å²) in [6.45, 7) is 16.4. The van der Waals surface area contributed by atoms with Gasteiger partial charge >= 0.3 is 0 Å². The Hall–Kier alpha value is -0.810. The zero-order chi connectivity index (χ0) is 15.4. The number of hydrogen-bond donors (Lipinski definition) is 0. The summed E-state index contributed by atoms with van der Waals surface area (Å²) in [7, 11) is -0.143. The van der Waals surface area contributed by atoms with E-state index in [1.165, 1.54) is 5.69 Å². The van der Waals surface area contributed by atoms with Gasteiger partial charge in [-0.15, -0.1) is 0 Å². The summed E-state index contributed by atoms with van der Waals surface area (Å²) in [5.74, 6) is 0. The van der Waals surface area contributed by atoms with Crippen molar-refractivity contribution in [2.75, 3.05) is 11.2 Å². The molecule has 0 amide bonds. The van der Waals surface area contributed by atoms with Crippen molar-refractivity contribution in [2.24, 2.45) is 0 Å². The Balaban J connectivity index is 3.05. The Morgan fingerprint density at radius 1 is 0.950 bits per heavy atom. The fraction of sp³-hybridized carbons (Fsp3) is 0.556. The lowest BCUT2D eigenvalue weighted by atomic mass is 10.2. The Bertz CT molecular complexity index is 409. The number of para-hydroxylation sites is 1. The number of hydrogen-bond acceptors (Lipinski definition) is 1. The molecule has 112 valence electrons. The van der Waals surface area contributed by atoms with Gasteiger partial charge in [-0.2, -0.15) is 0 Å². The van der Waals surface area contributed by atoms with Gasteiger partial charge in [0.15, 0.2) is 0 Å². The molecule has 0 saturated carbocycles. The normalized spacial score (nSPS) is 13.2. The average Bonchev–Trinajstić information content (AvgIpc) is 2.32. The highest BCUT2D eigenvalue weighted by Gasteiger charge is 2.35. The van der Waals surface area contributed by atoms with Gasteiger partial charge in [0.2, 0.25) is 0 Å². The lowest BCUT2D eigenvalue weighted by Crippen LogP contribution is -2.31. The molecule has 20 heavy (non-hydrogen) atoms. The molecule has 0 aliphatic rings. The van der Waals surface area contributed by atoms with E-state index in [1.807, 2.05) is 0 Å². The molecule has 1 rings (SSSR count). The lowest BCUT2D eigenvalue weighted by Gasteiger charge is -2.44. The molecule has 0 spiro atoms. The van der Waals surface area contributed by atoms with Crippen LogP contribution < -0.4 is 4.90 Å². The zero-order valence-corrected chi connectivity index (χ0v) is 15.0. The molecule has 1 aromatic rings. The van der Waals surface area contributed by atoms with Crippen LogP contribution in [0.4, 0.5) is 5.69 Å². The smallest absolute Gasteiger partial charge is 0.0431 e. The van der Waals surface area contributed by atoms with Crippen LogP contribution in [0.3, 0.4) is 0 Å². The summed E-state index contributed by atoms with van der Waals surface area (Å²) < 4.78 is 0. The number of nitrogens with zero attached hydrogens (tertiary/aromatic N) is 1. The molecule has 2 heteroatoms.